The second-order valence-electron chi connectivity index (χ2n) is 8.06. The molecule has 0 N–H and O–H groups in total. The number of esters is 1. The molecule has 2 aliphatic rings. The summed E-state index contributed by atoms with van der Waals surface area (Å²) < 4.78 is 33.5. The lowest BCUT2D eigenvalue weighted by atomic mass is 10.0. The molecule has 31 heavy (non-hydrogen) atoms. The highest BCUT2D eigenvalue weighted by Crippen LogP contribution is 2.38. The smallest absolute Gasteiger partial charge is 0.340 e. The van der Waals surface area contributed by atoms with Crippen LogP contribution >= 0.6 is 23.1 Å². The van der Waals surface area contributed by atoms with Crippen molar-refractivity contribution in [2.45, 2.75) is 37.6 Å². The molecule has 0 spiro atoms. The molecule has 9 heteroatoms. The Morgan fingerprint density at radius 1 is 1.16 bits per heavy atom. The van der Waals surface area contributed by atoms with Crippen molar-refractivity contribution in [1.29, 1.82) is 0 Å². The summed E-state index contributed by atoms with van der Waals surface area (Å²) in [4.78, 5) is 15.9. The maximum absolute atomic E-state index is 13.4. The average Bonchev–Trinajstić information content (AvgIpc) is 3.15. The van der Waals surface area contributed by atoms with Gasteiger partial charge in [0.15, 0.2) is 0 Å². The quantitative estimate of drug-likeness (QED) is 0.611. The third-order valence-electron chi connectivity index (χ3n) is 5.93. The van der Waals surface area contributed by atoms with Crippen LogP contribution < -0.4 is 0 Å². The van der Waals surface area contributed by atoms with E-state index in [2.05, 4.69) is 36.9 Å². The zero-order chi connectivity index (χ0) is 22.2. The molecule has 0 bridgehead atoms. The minimum absolute atomic E-state index is 0.157. The van der Waals surface area contributed by atoms with Crippen molar-refractivity contribution in [3.63, 3.8) is 0 Å². The lowest BCUT2D eigenvalue weighted by molar-refractivity contribution is 0.0595. The van der Waals surface area contributed by atoms with Crippen LogP contribution in [0.3, 0.4) is 0 Å². The summed E-state index contributed by atoms with van der Waals surface area (Å²) in [6.45, 7) is 7.41. The predicted molar refractivity (Wildman–Crippen MR) is 125 cm³/mol. The number of thioether (sulfide) groups is 1. The summed E-state index contributed by atoms with van der Waals surface area (Å²) in [5.41, 5.74) is 4.88. The van der Waals surface area contributed by atoms with Gasteiger partial charge in [0, 0.05) is 49.1 Å². The van der Waals surface area contributed by atoms with E-state index in [9.17, 15) is 13.2 Å². The fourth-order valence-corrected chi connectivity index (χ4v) is 8.87. The minimum Gasteiger partial charge on any atom is -0.465 e. The highest BCUT2D eigenvalue weighted by atomic mass is 32.2. The third kappa shape index (κ3) is 4.57. The highest BCUT2D eigenvalue weighted by Gasteiger charge is 2.37. The molecule has 3 heterocycles. The van der Waals surface area contributed by atoms with Gasteiger partial charge in [0.1, 0.15) is 4.21 Å². The number of hydrogen-bond donors (Lipinski definition) is 0. The molecule has 0 atom stereocenters. The molecule has 1 saturated heterocycles. The number of rotatable bonds is 5. The average molecular weight is 481 g/mol. The maximum Gasteiger partial charge on any atom is 0.340 e. The van der Waals surface area contributed by atoms with Crippen LogP contribution in [-0.4, -0.2) is 61.8 Å². The fourth-order valence-electron chi connectivity index (χ4n) is 4.22. The Labute approximate surface area is 192 Å². The van der Waals surface area contributed by atoms with Crippen LogP contribution in [0.4, 0.5) is 0 Å². The summed E-state index contributed by atoms with van der Waals surface area (Å²) in [6.07, 6.45) is 0.645. The number of hydrogen-bond acceptors (Lipinski definition) is 7. The Morgan fingerprint density at radius 3 is 2.58 bits per heavy atom. The van der Waals surface area contributed by atoms with E-state index >= 15 is 0 Å². The number of thiophene rings is 1. The van der Waals surface area contributed by atoms with Crippen molar-refractivity contribution in [1.82, 2.24) is 9.21 Å². The SMILES string of the molecule is COC(=O)c1c(S(=O)(=O)N2CCSCC2)sc2c1CCN(Cc1ccc(C)cc1C)C2. The van der Waals surface area contributed by atoms with E-state index < -0.39 is 16.0 Å². The molecule has 4 rings (SSSR count). The van der Waals surface area contributed by atoms with Crippen LogP contribution in [0.1, 0.15) is 37.5 Å². The maximum atomic E-state index is 13.4. The Bertz CT molecular complexity index is 1090. The summed E-state index contributed by atoms with van der Waals surface area (Å²) in [5.74, 6) is 1.01. The van der Waals surface area contributed by atoms with E-state index in [1.165, 1.54) is 39.4 Å². The Morgan fingerprint density at radius 2 is 1.90 bits per heavy atom. The highest BCUT2D eigenvalue weighted by molar-refractivity contribution is 7.99. The van der Waals surface area contributed by atoms with Gasteiger partial charge in [-0.3, -0.25) is 4.90 Å². The second-order valence-corrected chi connectivity index (χ2v) is 12.5. The molecule has 168 valence electrons. The first-order valence-electron chi connectivity index (χ1n) is 10.4. The zero-order valence-corrected chi connectivity index (χ0v) is 20.6. The van der Waals surface area contributed by atoms with Gasteiger partial charge in [-0.25, -0.2) is 13.2 Å². The Kier molecular flexibility index (Phi) is 6.79. The van der Waals surface area contributed by atoms with Gasteiger partial charge >= 0.3 is 5.97 Å². The number of aryl methyl sites for hydroxylation is 2. The third-order valence-corrected chi connectivity index (χ3v) is 10.5. The first-order valence-corrected chi connectivity index (χ1v) is 13.8. The van der Waals surface area contributed by atoms with Crippen molar-refractivity contribution in [3.05, 3.63) is 50.9 Å². The normalized spacial score (nSPS) is 18.0. The molecule has 0 saturated carbocycles. The molecular formula is C22H28N2O4S3. The van der Waals surface area contributed by atoms with Crippen molar-refractivity contribution >= 4 is 39.1 Å². The van der Waals surface area contributed by atoms with Crippen molar-refractivity contribution in [2.24, 2.45) is 0 Å². The molecule has 0 amide bonds. The van der Waals surface area contributed by atoms with Gasteiger partial charge in [0.25, 0.3) is 10.0 Å². The molecule has 2 aliphatic heterocycles. The first kappa shape index (κ1) is 22.8. The zero-order valence-electron chi connectivity index (χ0n) is 18.1. The van der Waals surface area contributed by atoms with E-state index in [0.29, 0.717) is 26.1 Å². The summed E-state index contributed by atoms with van der Waals surface area (Å²) in [6, 6.07) is 6.48. The van der Waals surface area contributed by atoms with Gasteiger partial charge in [0.2, 0.25) is 0 Å². The Balaban J connectivity index is 1.65. The van der Waals surface area contributed by atoms with E-state index in [-0.39, 0.29) is 9.77 Å². The van der Waals surface area contributed by atoms with Crippen LogP contribution in [0, 0.1) is 13.8 Å². The van der Waals surface area contributed by atoms with Crippen LogP contribution in [0.15, 0.2) is 22.4 Å². The second kappa shape index (κ2) is 9.23. The molecule has 0 aliphatic carbocycles. The number of carbonyl (C=O) groups excluding carboxylic acids is 1. The molecule has 1 fully saturated rings. The predicted octanol–water partition coefficient (Wildman–Crippen LogP) is 3.45. The standard InChI is InChI=1S/C22H28N2O4S3/c1-15-4-5-17(16(2)12-15)13-23-7-6-18-19(14-23)30-22(20(18)21(25)28-3)31(26,27)24-8-10-29-11-9-24/h4-5,12H,6-11,13-14H2,1-3H3. The monoisotopic (exact) mass is 480 g/mol. The number of carbonyl (C=O) groups is 1. The number of ether oxygens (including phenoxy) is 1. The van der Waals surface area contributed by atoms with Gasteiger partial charge in [-0.2, -0.15) is 16.1 Å². The van der Waals surface area contributed by atoms with Crippen molar-refractivity contribution in [2.75, 3.05) is 38.2 Å². The van der Waals surface area contributed by atoms with E-state index in [4.69, 9.17) is 4.74 Å². The number of sulfonamides is 1. The number of methoxy groups -OCH3 is 1. The lowest BCUT2D eigenvalue weighted by Crippen LogP contribution is -2.38. The first-order chi connectivity index (χ1) is 14.8. The summed E-state index contributed by atoms with van der Waals surface area (Å²) >= 11 is 3.00. The molecule has 0 unspecified atom stereocenters. The Hall–Kier alpha value is -1.39. The summed E-state index contributed by atoms with van der Waals surface area (Å²) in [5, 5.41) is 0. The summed E-state index contributed by atoms with van der Waals surface area (Å²) in [7, 11) is -2.40. The van der Waals surface area contributed by atoms with E-state index in [1.54, 1.807) is 11.8 Å². The van der Waals surface area contributed by atoms with Gasteiger partial charge < -0.3 is 4.74 Å². The van der Waals surface area contributed by atoms with E-state index in [1.807, 2.05) is 0 Å². The molecule has 1 aromatic heterocycles. The van der Waals surface area contributed by atoms with Gasteiger partial charge in [0.05, 0.1) is 12.7 Å². The lowest BCUT2D eigenvalue weighted by Gasteiger charge is -2.27. The molecule has 1 aromatic carbocycles. The minimum atomic E-state index is -3.71. The molecule has 2 aromatic rings. The van der Waals surface area contributed by atoms with Gasteiger partial charge in [-0.15, -0.1) is 11.3 Å². The number of fused-ring (bicyclic) bond motifs is 1. The van der Waals surface area contributed by atoms with Crippen molar-refractivity contribution < 1.29 is 17.9 Å². The van der Waals surface area contributed by atoms with Gasteiger partial charge in [-0.1, -0.05) is 23.8 Å². The van der Waals surface area contributed by atoms with Crippen LogP contribution in [-0.2, 0) is 34.3 Å². The fraction of sp³-hybridized carbons (Fsp3) is 0.500. The van der Waals surface area contributed by atoms with Gasteiger partial charge in [-0.05, 0) is 37.0 Å². The number of benzene rings is 1. The molecular weight excluding hydrogens is 452 g/mol. The van der Waals surface area contributed by atoms with Crippen LogP contribution in [0.5, 0.6) is 0 Å². The number of nitrogens with zero attached hydrogens (tertiary/aromatic N) is 2. The van der Waals surface area contributed by atoms with Crippen LogP contribution in [0.25, 0.3) is 0 Å². The molecule has 6 nitrogen and oxygen atoms in total. The molecule has 0 radical (unpaired) electrons. The van der Waals surface area contributed by atoms with E-state index in [0.717, 1.165) is 35.0 Å². The largest absolute Gasteiger partial charge is 0.465 e. The van der Waals surface area contributed by atoms with Crippen molar-refractivity contribution in [3.8, 4) is 0 Å². The topological polar surface area (TPSA) is 66.9 Å². The van der Waals surface area contributed by atoms with Crippen LogP contribution in [0.2, 0.25) is 0 Å².